The van der Waals surface area contributed by atoms with Crippen LogP contribution in [0.1, 0.15) is 17.5 Å². The molecule has 1 heterocycles. The summed E-state index contributed by atoms with van der Waals surface area (Å²) in [6, 6.07) is 20.7. The van der Waals surface area contributed by atoms with Gasteiger partial charge in [-0.05, 0) is 58.8 Å². The van der Waals surface area contributed by atoms with E-state index in [4.69, 9.17) is 0 Å². The molecule has 0 aliphatic carbocycles. The van der Waals surface area contributed by atoms with Gasteiger partial charge in [-0.15, -0.1) is 0 Å². The van der Waals surface area contributed by atoms with Crippen molar-refractivity contribution in [3.63, 3.8) is 0 Å². The van der Waals surface area contributed by atoms with Crippen molar-refractivity contribution in [1.29, 1.82) is 5.26 Å². The summed E-state index contributed by atoms with van der Waals surface area (Å²) >= 11 is 0. The van der Waals surface area contributed by atoms with Gasteiger partial charge >= 0.3 is 6.18 Å². The van der Waals surface area contributed by atoms with Crippen LogP contribution in [0.2, 0.25) is 0 Å². The Hall–Kier alpha value is -4.09. The molecule has 4 rings (SSSR count). The maximum atomic E-state index is 13.8. The molecule has 0 N–H and O–H groups in total. The molecule has 4 aromatic rings. The van der Waals surface area contributed by atoms with Crippen LogP contribution in [-0.4, -0.2) is 47.5 Å². The van der Waals surface area contributed by atoms with Gasteiger partial charge in [0, 0.05) is 6.42 Å². The van der Waals surface area contributed by atoms with Crippen molar-refractivity contribution in [2.24, 2.45) is 0 Å². The lowest BCUT2D eigenvalue weighted by atomic mass is 9.97. The average Bonchev–Trinajstić information content (AvgIpc) is 3.43. The molecular weight excluding hydrogens is 555 g/mol. The summed E-state index contributed by atoms with van der Waals surface area (Å²) in [4.78, 5) is -0.542. The first-order valence-corrected chi connectivity index (χ1v) is 14.5. The van der Waals surface area contributed by atoms with Crippen molar-refractivity contribution < 1.29 is 30.0 Å². The number of sulfone groups is 2. The summed E-state index contributed by atoms with van der Waals surface area (Å²) < 4.78 is 92.1. The van der Waals surface area contributed by atoms with E-state index in [2.05, 4.69) is 15.5 Å². The third kappa shape index (κ3) is 5.69. The highest BCUT2D eigenvalue weighted by Crippen LogP contribution is 2.36. The minimum absolute atomic E-state index is 0.342. The first-order chi connectivity index (χ1) is 18.4. The number of benzene rings is 3. The predicted molar refractivity (Wildman–Crippen MR) is 133 cm³/mol. The topological polar surface area (TPSA) is 136 Å². The minimum atomic E-state index is -4.70. The number of rotatable bonds is 9. The summed E-state index contributed by atoms with van der Waals surface area (Å²) in [7, 11) is -9.02. The van der Waals surface area contributed by atoms with Gasteiger partial charge in [-0.25, -0.2) is 16.8 Å². The molecule has 0 spiro atoms. The van der Waals surface area contributed by atoms with Gasteiger partial charge in [0.15, 0.2) is 14.6 Å². The van der Waals surface area contributed by atoms with Crippen LogP contribution in [0.15, 0.2) is 95.0 Å². The number of alkyl halides is 3. The zero-order valence-electron chi connectivity index (χ0n) is 20.0. The molecule has 0 bridgehead atoms. The summed E-state index contributed by atoms with van der Waals surface area (Å²) in [6.45, 7) is 0. The number of nitriles is 1. The van der Waals surface area contributed by atoms with E-state index in [1.165, 1.54) is 0 Å². The van der Waals surface area contributed by atoms with Gasteiger partial charge in [-0.1, -0.05) is 53.6 Å². The molecular formula is C25H20F3N5O4S2. The number of halogens is 3. The third-order valence-corrected chi connectivity index (χ3v) is 9.95. The number of para-hydroxylation sites is 1. The van der Waals surface area contributed by atoms with Crippen molar-refractivity contribution >= 4 is 19.7 Å². The summed E-state index contributed by atoms with van der Waals surface area (Å²) in [5, 5.41) is 20.4. The number of hydrogen-bond acceptors (Lipinski definition) is 8. The lowest BCUT2D eigenvalue weighted by Crippen LogP contribution is -2.41. The van der Waals surface area contributed by atoms with Crippen LogP contribution in [-0.2, 0) is 32.3 Å². The fourth-order valence-corrected chi connectivity index (χ4v) is 7.23. The number of tetrazole rings is 1. The zero-order valence-corrected chi connectivity index (χ0v) is 21.7. The second kappa shape index (κ2) is 10.6. The van der Waals surface area contributed by atoms with Gasteiger partial charge in [0.05, 0.1) is 28.0 Å². The third-order valence-electron chi connectivity index (χ3n) is 6.04. The maximum Gasteiger partial charge on any atom is 0.416 e. The summed E-state index contributed by atoms with van der Waals surface area (Å²) in [6.07, 6.45) is -5.81. The zero-order chi connectivity index (χ0) is 28.3. The van der Waals surface area contributed by atoms with Crippen molar-refractivity contribution in [3.8, 4) is 11.8 Å². The first kappa shape index (κ1) is 27.9. The van der Waals surface area contributed by atoms with Gasteiger partial charge in [0.25, 0.3) is 5.16 Å². The molecule has 0 fully saturated rings. The standard InChI is InChI=1S/C25H20F3N5O4S2/c26-25(27,28)20-11-13-22(14-12-20)39(36,37)24(18-29,17-19-7-3-1-4-8-19)15-16-38(34,35)23-30-31-32-33(23)21-9-5-2-6-10-21/h1-14H,15-17H2. The molecule has 1 unspecified atom stereocenters. The molecule has 1 atom stereocenters. The highest BCUT2D eigenvalue weighted by molar-refractivity contribution is 7.93. The van der Waals surface area contributed by atoms with Crippen LogP contribution in [0, 0.1) is 11.3 Å². The Labute approximate surface area is 222 Å². The molecule has 14 heteroatoms. The van der Waals surface area contributed by atoms with E-state index in [0.29, 0.717) is 23.4 Å². The van der Waals surface area contributed by atoms with Crippen LogP contribution in [0.3, 0.4) is 0 Å². The number of aromatic nitrogens is 4. The van der Waals surface area contributed by atoms with Gasteiger partial charge in [-0.3, -0.25) is 0 Å². The molecule has 9 nitrogen and oxygen atoms in total. The molecule has 0 aliphatic heterocycles. The average molecular weight is 576 g/mol. The summed E-state index contributed by atoms with van der Waals surface area (Å²) in [5.41, 5.74) is -0.308. The van der Waals surface area contributed by atoms with Crippen LogP contribution in [0.4, 0.5) is 13.2 Å². The molecule has 0 aliphatic rings. The Morgan fingerprint density at radius 1 is 0.846 bits per heavy atom. The minimum Gasteiger partial charge on any atom is -0.222 e. The predicted octanol–water partition coefficient (Wildman–Crippen LogP) is 3.82. The van der Waals surface area contributed by atoms with Crippen molar-refractivity contribution in [3.05, 3.63) is 96.1 Å². The van der Waals surface area contributed by atoms with E-state index in [1.54, 1.807) is 66.7 Å². The van der Waals surface area contributed by atoms with Gasteiger partial charge in [0.2, 0.25) is 9.84 Å². The molecule has 0 radical (unpaired) electrons. The van der Waals surface area contributed by atoms with Crippen LogP contribution < -0.4 is 0 Å². The smallest absolute Gasteiger partial charge is 0.222 e. The van der Waals surface area contributed by atoms with Gasteiger partial charge in [0.1, 0.15) is 0 Å². The van der Waals surface area contributed by atoms with Crippen LogP contribution >= 0.6 is 0 Å². The van der Waals surface area contributed by atoms with E-state index >= 15 is 0 Å². The van der Waals surface area contributed by atoms with Crippen molar-refractivity contribution in [1.82, 2.24) is 20.2 Å². The van der Waals surface area contributed by atoms with Crippen LogP contribution in [0.5, 0.6) is 0 Å². The quantitative estimate of drug-likeness (QED) is 0.294. The molecule has 0 saturated heterocycles. The first-order valence-electron chi connectivity index (χ1n) is 11.3. The van der Waals surface area contributed by atoms with Gasteiger partial charge < -0.3 is 0 Å². The largest absolute Gasteiger partial charge is 0.416 e. The normalized spacial score (nSPS) is 13.9. The van der Waals surface area contributed by atoms with E-state index in [1.807, 2.05) is 0 Å². The number of hydrogen-bond donors (Lipinski definition) is 0. The molecule has 1 aromatic heterocycles. The van der Waals surface area contributed by atoms with Gasteiger partial charge in [-0.2, -0.15) is 23.1 Å². The fourth-order valence-electron chi connectivity index (χ4n) is 3.94. The van der Waals surface area contributed by atoms with E-state index < -0.39 is 64.8 Å². The molecule has 0 saturated carbocycles. The molecule has 39 heavy (non-hydrogen) atoms. The van der Waals surface area contributed by atoms with Crippen molar-refractivity contribution in [2.75, 3.05) is 5.75 Å². The highest BCUT2D eigenvalue weighted by atomic mass is 32.2. The SMILES string of the molecule is N#CC(CCS(=O)(=O)c1nnnn1-c1ccccc1)(Cc1ccccc1)S(=O)(=O)c1ccc(C(F)(F)F)cc1. The Morgan fingerprint density at radius 3 is 2.00 bits per heavy atom. The summed E-state index contributed by atoms with van der Waals surface area (Å²) in [5.74, 6) is -0.833. The maximum absolute atomic E-state index is 13.8. The second-order valence-electron chi connectivity index (χ2n) is 8.57. The van der Waals surface area contributed by atoms with Crippen LogP contribution in [0.25, 0.3) is 5.69 Å². The monoisotopic (exact) mass is 575 g/mol. The second-order valence-corrected chi connectivity index (χ2v) is 12.8. The Morgan fingerprint density at radius 2 is 1.44 bits per heavy atom. The Balaban J connectivity index is 1.75. The number of nitrogens with zero attached hydrogens (tertiary/aromatic N) is 5. The van der Waals surface area contributed by atoms with Crippen molar-refractivity contribution in [2.45, 2.75) is 33.8 Å². The lowest BCUT2D eigenvalue weighted by Gasteiger charge is -2.27. The lowest BCUT2D eigenvalue weighted by molar-refractivity contribution is -0.137. The highest BCUT2D eigenvalue weighted by Gasteiger charge is 2.47. The van der Waals surface area contributed by atoms with E-state index in [-0.39, 0.29) is 0 Å². The fraction of sp³-hybridized carbons (Fsp3) is 0.200. The van der Waals surface area contributed by atoms with E-state index in [9.17, 15) is 35.3 Å². The molecule has 202 valence electrons. The Bertz CT molecular complexity index is 1700. The molecule has 3 aromatic carbocycles. The molecule has 0 amide bonds. The van der Waals surface area contributed by atoms with E-state index in [0.717, 1.165) is 16.8 Å². The Kier molecular flexibility index (Phi) is 7.58.